The molecule has 5 nitrogen and oxygen atoms in total. The van der Waals surface area contributed by atoms with Crippen LogP contribution in [0.25, 0.3) is 0 Å². The van der Waals surface area contributed by atoms with Crippen LogP contribution in [0, 0.1) is 0 Å². The molecule has 0 saturated heterocycles. The lowest BCUT2D eigenvalue weighted by molar-refractivity contribution is -0.151. The number of hydrogen-bond acceptors (Lipinski definition) is 5. The topological polar surface area (TPSA) is 69.7 Å². The van der Waals surface area contributed by atoms with Crippen LogP contribution in [0.1, 0.15) is 26.2 Å². The van der Waals surface area contributed by atoms with E-state index in [2.05, 4.69) is 9.47 Å². The number of esters is 2. The number of Topliss-reactive ketones (excluding diaryl/α,β-unsaturated/α-hetero) is 1. The Morgan fingerprint density at radius 2 is 1.79 bits per heavy atom. The molecule has 0 atom stereocenters. The molecule has 0 unspecified atom stereocenters. The normalized spacial score (nSPS) is 9.29. The van der Waals surface area contributed by atoms with Crippen molar-refractivity contribution in [2.24, 2.45) is 0 Å². The van der Waals surface area contributed by atoms with Gasteiger partial charge in [-0.3, -0.25) is 14.4 Å². The summed E-state index contributed by atoms with van der Waals surface area (Å²) in [5.41, 5.74) is 0. The molecule has 0 aromatic rings. The van der Waals surface area contributed by atoms with Crippen molar-refractivity contribution in [3.8, 4) is 0 Å². The van der Waals surface area contributed by atoms with Gasteiger partial charge in [-0.15, -0.1) is 0 Å². The Balaban J connectivity index is 3.63. The largest absolute Gasteiger partial charge is 0.469 e. The van der Waals surface area contributed by atoms with E-state index in [-0.39, 0.29) is 19.4 Å². The summed E-state index contributed by atoms with van der Waals surface area (Å²) in [6.45, 7) is 1.48. The van der Waals surface area contributed by atoms with Crippen LogP contribution >= 0.6 is 0 Å². The van der Waals surface area contributed by atoms with E-state index in [1.165, 1.54) is 7.11 Å². The van der Waals surface area contributed by atoms with Gasteiger partial charge in [-0.25, -0.2) is 0 Å². The number of methoxy groups -OCH3 is 1. The van der Waals surface area contributed by atoms with Gasteiger partial charge in [0.25, 0.3) is 0 Å². The summed E-state index contributed by atoms with van der Waals surface area (Å²) >= 11 is 0. The Kier molecular flexibility index (Phi) is 6.36. The number of carbonyl (C=O) groups excluding carboxylic acids is 3. The average Bonchev–Trinajstić information content (AvgIpc) is 2.15. The zero-order valence-corrected chi connectivity index (χ0v) is 8.37. The molecule has 0 bridgehead atoms. The summed E-state index contributed by atoms with van der Waals surface area (Å²) in [5, 5.41) is 0. The number of ether oxygens (including phenoxy) is 2. The SMILES string of the molecule is CCCC(=O)OCC(=O)CC(=O)OC. The first kappa shape index (κ1) is 12.6. The molecule has 5 heteroatoms. The highest BCUT2D eigenvalue weighted by atomic mass is 16.5. The smallest absolute Gasteiger partial charge is 0.313 e. The predicted octanol–water partition coefficient (Wildman–Crippen LogP) is 0.462. The summed E-state index contributed by atoms with van der Waals surface area (Å²) in [4.78, 5) is 32.4. The maximum atomic E-state index is 10.9. The van der Waals surface area contributed by atoms with Crippen LogP contribution in [0.5, 0.6) is 0 Å². The maximum Gasteiger partial charge on any atom is 0.313 e. The zero-order valence-electron chi connectivity index (χ0n) is 8.37. The molecule has 0 N–H and O–H groups in total. The Morgan fingerprint density at radius 1 is 1.14 bits per heavy atom. The zero-order chi connectivity index (χ0) is 11.0. The highest BCUT2D eigenvalue weighted by Crippen LogP contribution is 1.93. The molecule has 0 aromatic carbocycles. The van der Waals surface area contributed by atoms with Gasteiger partial charge in [-0.1, -0.05) is 6.92 Å². The van der Waals surface area contributed by atoms with Gasteiger partial charge >= 0.3 is 11.9 Å². The molecule has 14 heavy (non-hydrogen) atoms. The van der Waals surface area contributed by atoms with Crippen molar-refractivity contribution >= 4 is 17.7 Å². The third-order valence-corrected chi connectivity index (χ3v) is 1.42. The molecule has 0 fully saturated rings. The van der Waals surface area contributed by atoms with Crippen molar-refractivity contribution in [3.05, 3.63) is 0 Å². The van der Waals surface area contributed by atoms with E-state index in [9.17, 15) is 14.4 Å². The lowest BCUT2D eigenvalue weighted by atomic mass is 10.3. The van der Waals surface area contributed by atoms with E-state index in [4.69, 9.17) is 0 Å². The predicted molar refractivity (Wildman–Crippen MR) is 47.5 cm³/mol. The first-order chi connectivity index (χ1) is 6.60. The number of ketones is 1. The molecule has 0 saturated carbocycles. The summed E-state index contributed by atoms with van der Waals surface area (Å²) in [6, 6.07) is 0. The molecule has 0 amide bonds. The monoisotopic (exact) mass is 202 g/mol. The number of hydrogen-bond donors (Lipinski definition) is 0. The fourth-order valence-electron chi connectivity index (χ4n) is 0.721. The third kappa shape index (κ3) is 6.16. The highest BCUT2D eigenvalue weighted by molar-refractivity contribution is 5.96. The van der Waals surface area contributed by atoms with E-state index in [1.807, 2.05) is 6.92 Å². The summed E-state index contributed by atoms with van der Waals surface area (Å²) in [5.74, 6) is -1.51. The van der Waals surface area contributed by atoms with Crippen LogP contribution in [-0.4, -0.2) is 31.4 Å². The third-order valence-electron chi connectivity index (χ3n) is 1.42. The van der Waals surface area contributed by atoms with Crippen LogP contribution in [-0.2, 0) is 23.9 Å². The lowest BCUT2D eigenvalue weighted by Gasteiger charge is -2.02. The first-order valence-electron chi connectivity index (χ1n) is 4.34. The number of rotatable bonds is 6. The van der Waals surface area contributed by atoms with Crippen LogP contribution < -0.4 is 0 Å². The minimum absolute atomic E-state index is 0.283. The van der Waals surface area contributed by atoms with Gasteiger partial charge in [0.1, 0.15) is 6.42 Å². The van der Waals surface area contributed by atoms with E-state index in [0.717, 1.165) is 0 Å². The van der Waals surface area contributed by atoms with Gasteiger partial charge in [0, 0.05) is 6.42 Å². The van der Waals surface area contributed by atoms with E-state index >= 15 is 0 Å². The van der Waals surface area contributed by atoms with Gasteiger partial charge < -0.3 is 9.47 Å². The van der Waals surface area contributed by atoms with Gasteiger partial charge in [-0.05, 0) is 6.42 Å². The highest BCUT2D eigenvalue weighted by Gasteiger charge is 2.11. The van der Waals surface area contributed by atoms with Crippen LogP contribution in [0.2, 0.25) is 0 Å². The lowest BCUT2D eigenvalue weighted by Crippen LogP contribution is -2.17. The second kappa shape index (κ2) is 7.06. The number of carbonyl (C=O) groups is 3. The van der Waals surface area contributed by atoms with Crippen LogP contribution in [0.3, 0.4) is 0 Å². The standard InChI is InChI=1S/C9H14O5/c1-3-4-8(11)14-6-7(10)5-9(12)13-2/h3-6H2,1-2H3. The Labute approximate surface area is 82.4 Å². The fourth-order valence-corrected chi connectivity index (χ4v) is 0.721. The van der Waals surface area contributed by atoms with Crippen molar-refractivity contribution in [1.82, 2.24) is 0 Å². The second-order valence-electron chi connectivity index (χ2n) is 2.70. The molecule has 0 rings (SSSR count). The molecular weight excluding hydrogens is 188 g/mol. The van der Waals surface area contributed by atoms with Gasteiger partial charge in [0.05, 0.1) is 7.11 Å². The molecular formula is C9H14O5. The van der Waals surface area contributed by atoms with Crippen molar-refractivity contribution in [1.29, 1.82) is 0 Å². The second-order valence-corrected chi connectivity index (χ2v) is 2.70. The van der Waals surface area contributed by atoms with Crippen molar-refractivity contribution in [2.45, 2.75) is 26.2 Å². The quantitative estimate of drug-likeness (QED) is 0.462. The Morgan fingerprint density at radius 3 is 2.29 bits per heavy atom. The molecule has 0 aliphatic rings. The minimum atomic E-state index is -0.624. The van der Waals surface area contributed by atoms with Crippen LogP contribution in [0.4, 0.5) is 0 Å². The fraction of sp³-hybridized carbons (Fsp3) is 0.667. The minimum Gasteiger partial charge on any atom is -0.469 e. The molecule has 0 radical (unpaired) electrons. The molecule has 0 aliphatic carbocycles. The first-order valence-corrected chi connectivity index (χ1v) is 4.34. The molecule has 0 heterocycles. The van der Waals surface area contributed by atoms with Crippen molar-refractivity contribution < 1.29 is 23.9 Å². The summed E-state index contributed by atoms with van der Waals surface area (Å²) in [6.07, 6.45) is 0.603. The van der Waals surface area contributed by atoms with E-state index < -0.39 is 17.7 Å². The maximum absolute atomic E-state index is 10.9. The molecule has 80 valence electrons. The summed E-state index contributed by atoms with van der Waals surface area (Å²) < 4.78 is 8.87. The Bertz CT molecular complexity index is 221. The molecule has 0 aromatic heterocycles. The van der Waals surface area contributed by atoms with E-state index in [0.29, 0.717) is 6.42 Å². The summed E-state index contributed by atoms with van der Waals surface area (Å²) in [7, 11) is 1.19. The van der Waals surface area contributed by atoms with Gasteiger partial charge in [-0.2, -0.15) is 0 Å². The Hall–Kier alpha value is -1.39. The van der Waals surface area contributed by atoms with Gasteiger partial charge in [0.2, 0.25) is 0 Å². The average molecular weight is 202 g/mol. The van der Waals surface area contributed by atoms with Crippen molar-refractivity contribution in [3.63, 3.8) is 0 Å². The molecule has 0 aliphatic heterocycles. The van der Waals surface area contributed by atoms with Crippen LogP contribution in [0.15, 0.2) is 0 Å². The van der Waals surface area contributed by atoms with Gasteiger partial charge in [0.15, 0.2) is 12.4 Å². The van der Waals surface area contributed by atoms with Crippen molar-refractivity contribution in [2.75, 3.05) is 13.7 Å². The molecule has 0 spiro atoms. The van der Waals surface area contributed by atoms with E-state index in [1.54, 1.807) is 0 Å².